The Labute approximate surface area is 149 Å². The molecule has 0 saturated carbocycles. The highest BCUT2D eigenvalue weighted by atomic mass is 35.5. The number of halogens is 2. The van der Waals surface area contributed by atoms with E-state index in [2.05, 4.69) is 20.6 Å². The summed E-state index contributed by atoms with van der Waals surface area (Å²) in [7, 11) is 0. The van der Waals surface area contributed by atoms with Crippen molar-refractivity contribution in [3.8, 4) is 0 Å². The van der Waals surface area contributed by atoms with Crippen molar-refractivity contribution < 1.29 is 0 Å². The van der Waals surface area contributed by atoms with E-state index in [0.717, 1.165) is 11.3 Å². The van der Waals surface area contributed by atoms with E-state index in [-0.39, 0.29) is 0 Å². The van der Waals surface area contributed by atoms with Gasteiger partial charge >= 0.3 is 0 Å². The molecule has 0 amide bonds. The maximum atomic E-state index is 6.19. The molecule has 0 saturated heterocycles. The summed E-state index contributed by atoms with van der Waals surface area (Å²) >= 11 is 12.2. The Balaban J connectivity index is 1.91. The molecule has 3 aromatic rings. The molecule has 4 N–H and O–H groups in total. The van der Waals surface area contributed by atoms with E-state index in [4.69, 9.17) is 28.9 Å². The van der Waals surface area contributed by atoms with Crippen molar-refractivity contribution in [2.45, 2.75) is 6.92 Å². The fourth-order valence-corrected chi connectivity index (χ4v) is 2.49. The minimum absolute atomic E-state index is 0.386. The number of hydrogen-bond donors (Lipinski definition) is 3. The van der Waals surface area contributed by atoms with Gasteiger partial charge in [0, 0.05) is 10.7 Å². The number of nitrogens with one attached hydrogen (secondary N) is 2. The first-order valence-corrected chi connectivity index (χ1v) is 7.95. The number of anilines is 5. The van der Waals surface area contributed by atoms with Crippen LogP contribution < -0.4 is 16.4 Å². The van der Waals surface area contributed by atoms with E-state index in [1.807, 2.05) is 31.2 Å². The zero-order valence-electron chi connectivity index (χ0n) is 12.8. The molecule has 5 nitrogen and oxygen atoms in total. The predicted octanol–water partition coefficient (Wildman–Crippen LogP) is 5.16. The molecule has 1 aromatic heterocycles. The SMILES string of the molecule is Cc1ccccc1Nc1ncnc(Nc2cc(Cl)ccc2Cl)c1N. The molecule has 122 valence electrons. The Morgan fingerprint density at radius 2 is 1.58 bits per heavy atom. The lowest BCUT2D eigenvalue weighted by atomic mass is 10.2. The fourth-order valence-electron chi connectivity index (χ4n) is 2.16. The normalized spacial score (nSPS) is 10.5. The van der Waals surface area contributed by atoms with Gasteiger partial charge in [-0.3, -0.25) is 0 Å². The Hall–Kier alpha value is -2.50. The molecule has 0 fully saturated rings. The third-order valence-electron chi connectivity index (χ3n) is 3.46. The second-order valence-corrected chi connectivity index (χ2v) is 6.02. The molecular weight excluding hydrogens is 345 g/mol. The number of nitrogen functional groups attached to an aromatic ring is 1. The number of aryl methyl sites for hydroxylation is 1. The molecule has 2 aromatic carbocycles. The first-order valence-electron chi connectivity index (χ1n) is 7.20. The first kappa shape index (κ1) is 16.4. The van der Waals surface area contributed by atoms with Crippen LogP contribution in [0.2, 0.25) is 10.0 Å². The average Bonchev–Trinajstić information content (AvgIpc) is 2.56. The lowest BCUT2D eigenvalue weighted by Crippen LogP contribution is -2.06. The summed E-state index contributed by atoms with van der Waals surface area (Å²) in [6, 6.07) is 13.0. The summed E-state index contributed by atoms with van der Waals surface area (Å²) in [5, 5.41) is 7.39. The smallest absolute Gasteiger partial charge is 0.159 e. The summed E-state index contributed by atoms with van der Waals surface area (Å²) < 4.78 is 0. The number of rotatable bonds is 4. The van der Waals surface area contributed by atoms with Crippen LogP contribution in [0.15, 0.2) is 48.8 Å². The highest BCUT2D eigenvalue weighted by molar-refractivity contribution is 6.35. The van der Waals surface area contributed by atoms with Crippen LogP contribution >= 0.6 is 23.2 Å². The van der Waals surface area contributed by atoms with E-state index in [0.29, 0.717) is 33.1 Å². The molecule has 7 heteroatoms. The predicted molar refractivity (Wildman–Crippen MR) is 101 cm³/mol. The van der Waals surface area contributed by atoms with Crippen molar-refractivity contribution in [1.29, 1.82) is 0 Å². The van der Waals surface area contributed by atoms with Crippen LogP contribution in [0.25, 0.3) is 0 Å². The van der Waals surface area contributed by atoms with E-state index in [1.54, 1.807) is 18.2 Å². The van der Waals surface area contributed by atoms with Crippen molar-refractivity contribution in [2.75, 3.05) is 16.4 Å². The van der Waals surface area contributed by atoms with Crippen molar-refractivity contribution in [3.63, 3.8) is 0 Å². The van der Waals surface area contributed by atoms with Crippen LogP contribution in [-0.2, 0) is 0 Å². The van der Waals surface area contributed by atoms with Gasteiger partial charge in [0.1, 0.15) is 12.0 Å². The minimum Gasteiger partial charge on any atom is -0.393 e. The van der Waals surface area contributed by atoms with Gasteiger partial charge in [-0.25, -0.2) is 9.97 Å². The number of aromatic nitrogens is 2. The van der Waals surface area contributed by atoms with Gasteiger partial charge in [-0.1, -0.05) is 41.4 Å². The van der Waals surface area contributed by atoms with Gasteiger partial charge in [0.15, 0.2) is 11.6 Å². The third kappa shape index (κ3) is 3.53. The van der Waals surface area contributed by atoms with Crippen molar-refractivity contribution in [2.24, 2.45) is 0 Å². The molecule has 0 bridgehead atoms. The van der Waals surface area contributed by atoms with Gasteiger partial charge in [-0.05, 0) is 36.8 Å². The monoisotopic (exact) mass is 359 g/mol. The summed E-state index contributed by atoms with van der Waals surface area (Å²) in [6.07, 6.45) is 1.43. The van der Waals surface area contributed by atoms with Crippen LogP contribution in [0.1, 0.15) is 5.56 Å². The standard InChI is InChI=1S/C17H15Cl2N5/c1-10-4-2-3-5-13(10)23-16-15(20)17(22-9-21-16)24-14-8-11(18)6-7-12(14)19/h2-9H,20H2,1H3,(H2,21,22,23,24). The lowest BCUT2D eigenvalue weighted by molar-refractivity contribution is 1.17. The fraction of sp³-hybridized carbons (Fsp3) is 0.0588. The summed E-state index contributed by atoms with van der Waals surface area (Å²) in [5.74, 6) is 0.963. The molecule has 24 heavy (non-hydrogen) atoms. The maximum absolute atomic E-state index is 6.19. The quantitative estimate of drug-likeness (QED) is 0.599. The van der Waals surface area contributed by atoms with Gasteiger partial charge in [0.25, 0.3) is 0 Å². The van der Waals surface area contributed by atoms with E-state index in [1.165, 1.54) is 6.33 Å². The molecule has 0 spiro atoms. The lowest BCUT2D eigenvalue weighted by Gasteiger charge is -2.14. The average molecular weight is 360 g/mol. The van der Waals surface area contributed by atoms with Crippen LogP contribution in [0, 0.1) is 6.92 Å². The van der Waals surface area contributed by atoms with Crippen LogP contribution in [-0.4, -0.2) is 9.97 Å². The second-order valence-electron chi connectivity index (χ2n) is 5.17. The number of para-hydroxylation sites is 1. The molecule has 3 rings (SSSR count). The van der Waals surface area contributed by atoms with Crippen molar-refractivity contribution >= 4 is 51.9 Å². The van der Waals surface area contributed by atoms with Gasteiger partial charge < -0.3 is 16.4 Å². The largest absolute Gasteiger partial charge is 0.393 e. The Bertz CT molecular complexity index is 883. The number of nitrogens with zero attached hydrogens (tertiary/aromatic N) is 2. The maximum Gasteiger partial charge on any atom is 0.159 e. The molecule has 0 atom stereocenters. The van der Waals surface area contributed by atoms with Gasteiger partial charge in [0.05, 0.1) is 10.7 Å². The van der Waals surface area contributed by atoms with Gasteiger partial charge in [0.2, 0.25) is 0 Å². The van der Waals surface area contributed by atoms with Gasteiger partial charge in [-0.2, -0.15) is 0 Å². The van der Waals surface area contributed by atoms with Crippen molar-refractivity contribution in [3.05, 3.63) is 64.4 Å². The minimum atomic E-state index is 0.386. The molecule has 0 unspecified atom stereocenters. The topological polar surface area (TPSA) is 75.9 Å². The zero-order valence-corrected chi connectivity index (χ0v) is 14.4. The van der Waals surface area contributed by atoms with Crippen LogP contribution in [0.5, 0.6) is 0 Å². The Morgan fingerprint density at radius 3 is 2.29 bits per heavy atom. The second kappa shape index (κ2) is 6.95. The number of benzene rings is 2. The molecule has 0 aliphatic heterocycles. The Kier molecular flexibility index (Phi) is 4.74. The summed E-state index contributed by atoms with van der Waals surface area (Å²) in [4.78, 5) is 8.39. The van der Waals surface area contributed by atoms with E-state index < -0.39 is 0 Å². The zero-order chi connectivity index (χ0) is 17.1. The molecular formula is C17H15Cl2N5. The number of hydrogen-bond acceptors (Lipinski definition) is 5. The first-order chi connectivity index (χ1) is 11.5. The molecule has 0 radical (unpaired) electrons. The van der Waals surface area contributed by atoms with E-state index in [9.17, 15) is 0 Å². The molecule has 1 heterocycles. The summed E-state index contributed by atoms with van der Waals surface area (Å²) in [5.41, 5.74) is 9.21. The Morgan fingerprint density at radius 1 is 0.917 bits per heavy atom. The highest BCUT2D eigenvalue weighted by Crippen LogP contribution is 2.32. The van der Waals surface area contributed by atoms with Gasteiger partial charge in [-0.15, -0.1) is 0 Å². The van der Waals surface area contributed by atoms with Crippen molar-refractivity contribution in [1.82, 2.24) is 9.97 Å². The molecule has 0 aliphatic carbocycles. The number of nitrogens with two attached hydrogens (primary N) is 1. The summed E-state index contributed by atoms with van der Waals surface area (Å²) in [6.45, 7) is 2.00. The highest BCUT2D eigenvalue weighted by Gasteiger charge is 2.11. The third-order valence-corrected chi connectivity index (χ3v) is 4.03. The van der Waals surface area contributed by atoms with Crippen LogP contribution in [0.4, 0.5) is 28.7 Å². The van der Waals surface area contributed by atoms with Crippen LogP contribution in [0.3, 0.4) is 0 Å². The molecule has 0 aliphatic rings. The van der Waals surface area contributed by atoms with E-state index >= 15 is 0 Å².